The third kappa shape index (κ3) is 3.02. The molecule has 1 N–H and O–H groups in total. The lowest BCUT2D eigenvalue weighted by Gasteiger charge is -2.20. The van der Waals surface area contributed by atoms with Gasteiger partial charge in [0.1, 0.15) is 6.04 Å². The minimum absolute atomic E-state index is 0.127. The lowest BCUT2D eigenvalue weighted by atomic mass is 10.1. The largest absolute Gasteiger partial charge is 0.404 e. The van der Waals surface area contributed by atoms with E-state index < -0.39 is 12.2 Å². The van der Waals surface area contributed by atoms with E-state index in [0.717, 1.165) is 4.96 Å². The molecule has 100 valence electrons. The van der Waals surface area contributed by atoms with E-state index in [0.29, 0.717) is 18.7 Å². The zero-order valence-electron chi connectivity index (χ0n) is 9.87. The molecule has 0 radical (unpaired) electrons. The molecule has 0 aliphatic heterocycles. The number of thiazole rings is 1. The van der Waals surface area contributed by atoms with Crippen LogP contribution in [-0.4, -0.2) is 28.1 Å². The molecule has 2 rings (SSSR count). The lowest BCUT2D eigenvalue weighted by molar-refractivity contribution is -0.155. The van der Waals surface area contributed by atoms with Crippen LogP contribution in [0.15, 0.2) is 17.8 Å². The molecule has 0 aliphatic rings. The number of hydrogen-bond acceptors (Lipinski definition) is 3. The molecule has 0 aromatic carbocycles. The van der Waals surface area contributed by atoms with Gasteiger partial charge in [0, 0.05) is 24.2 Å². The van der Waals surface area contributed by atoms with Gasteiger partial charge in [-0.2, -0.15) is 13.2 Å². The first-order valence-corrected chi connectivity index (χ1v) is 6.60. The second-order valence-corrected chi connectivity index (χ2v) is 4.95. The first-order valence-electron chi connectivity index (χ1n) is 5.72. The number of aromatic nitrogens is 2. The first-order chi connectivity index (χ1) is 8.50. The van der Waals surface area contributed by atoms with Crippen molar-refractivity contribution in [3.05, 3.63) is 23.5 Å². The van der Waals surface area contributed by atoms with Gasteiger partial charge < -0.3 is 5.32 Å². The average molecular weight is 277 g/mol. The van der Waals surface area contributed by atoms with Crippen LogP contribution in [0.1, 0.15) is 19.0 Å². The van der Waals surface area contributed by atoms with Gasteiger partial charge in [0.05, 0.1) is 5.69 Å². The van der Waals surface area contributed by atoms with E-state index in [1.165, 1.54) is 11.3 Å². The topological polar surface area (TPSA) is 29.3 Å². The number of hydrogen-bond donors (Lipinski definition) is 1. The molecule has 7 heteroatoms. The van der Waals surface area contributed by atoms with Crippen LogP contribution < -0.4 is 5.32 Å². The fraction of sp³-hybridized carbons (Fsp3) is 0.545. The van der Waals surface area contributed by atoms with Gasteiger partial charge in [-0.1, -0.05) is 6.92 Å². The van der Waals surface area contributed by atoms with Crippen molar-refractivity contribution in [2.24, 2.45) is 0 Å². The molecule has 0 fully saturated rings. The van der Waals surface area contributed by atoms with Crippen molar-refractivity contribution in [1.82, 2.24) is 14.7 Å². The quantitative estimate of drug-likeness (QED) is 0.910. The number of halogens is 3. The van der Waals surface area contributed by atoms with E-state index in [-0.39, 0.29) is 6.42 Å². The third-order valence-corrected chi connectivity index (χ3v) is 3.36. The fourth-order valence-corrected chi connectivity index (χ4v) is 2.42. The van der Waals surface area contributed by atoms with Crippen LogP contribution in [0.3, 0.4) is 0 Å². The normalized spacial score (nSPS) is 14.2. The van der Waals surface area contributed by atoms with Crippen molar-refractivity contribution < 1.29 is 13.2 Å². The van der Waals surface area contributed by atoms with Gasteiger partial charge in [-0.3, -0.25) is 4.40 Å². The molecule has 0 amide bonds. The maximum absolute atomic E-state index is 12.8. The molecule has 2 aromatic rings. The average Bonchev–Trinajstić information content (AvgIpc) is 2.82. The van der Waals surface area contributed by atoms with Gasteiger partial charge in [0.2, 0.25) is 0 Å². The second kappa shape index (κ2) is 5.27. The summed E-state index contributed by atoms with van der Waals surface area (Å²) in [5.41, 5.74) is 0.466. The van der Waals surface area contributed by atoms with Crippen molar-refractivity contribution in [2.45, 2.75) is 32.0 Å². The van der Waals surface area contributed by atoms with Crippen molar-refractivity contribution in [1.29, 1.82) is 0 Å². The number of nitrogens with one attached hydrogen (secondary N) is 1. The highest BCUT2D eigenvalue weighted by atomic mass is 32.1. The van der Waals surface area contributed by atoms with E-state index in [1.54, 1.807) is 16.8 Å². The highest BCUT2D eigenvalue weighted by Gasteiger charge is 2.39. The van der Waals surface area contributed by atoms with E-state index in [1.807, 2.05) is 12.3 Å². The maximum Gasteiger partial charge on any atom is 0.404 e. The lowest BCUT2D eigenvalue weighted by Crippen LogP contribution is -2.44. The van der Waals surface area contributed by atoms with Crippen LogP contribution in [0.4, 0.5) is 13.2 Å². The Morgan fingerprint density at radius 1 is 1.50 bits per heavy atom. The molecule has 0 saturated carbocycles. The molecular weight excluding hydrogens is 263 g/mol. The number of fused-ring (bicyclic) bond motifs is 1. The predicted molar refractivity (Wildman–Crippen MR) is 64.9 cm³/mol. The minimum atomic E-state index is -4.24. The summed E-state index contributed by atoms with van der Waals surface area (Å²) >= 11 is 1.41. The summed E-state index contributed by atoms with van der Waals surface area (Å²) in [5, 5.41) is 4.37. The molecule has 0 aliphatic carbocycles. The summed E-state index contributed by atoms with van der Waals surface area (Å²) < 4.78 is 40.2. The smallest absolute Gasteiger partial charge is 0.306 e. The number of nitrogens with zero attached hydrogens (tertiary/aromatic N) is 2. The van der Waals surface area contributed by atoms with Crippen LogP contribution in [-0.2, 0) is 6.42 Å². The van der Waals surface area contributed by atoms with E-state index in [9.17, 15) is 13.2 Å². The second-order valence-electron chi connectivity index (χ2n) is 4.08. The molecule has 2 heterocycles. The standard InChI is InChI=1S/C11H14F3N3S/c1-2-3-15-9(11(12,13)14)6-8-7-17-4-5-18-10(17)16-8/h4-5,7,9,15H,2-3,6H2,1H3. The zero-order valence-corrected chi connectivity index (χ0v) is 10.7. The summed E-state index contributed by atoms with van der Waals surface area (Å²) in [6.07, 6.45) is -0.258. The Balaban J connectivity index is 2.10. The molecule has 1 unspecified atom stereocenters. The van der Waals surface area contributed by atoms with Crippen LogP contribution in [0.25, 0.3) is 4.96 Å². The fourth-order valence-electron chi connectivity index (χ4n) is 1.71. The van der Waals surface area contributed by atoms with Crippen molar-refractivity contribution >= 4 is 16.3 Å². The summed E-state index contributed by atoms with van der Waals surface area (Å²) in [7, 11) is 0. The molecule has 3 nitrogen and oxygen atoms in total. The highest BCUT2D eigenvalue weighted by Crippen LogP contribution is 2.23. The molecule has 2 aromatic heterocycles. The summed E-state index contributed by atoms with van der Waals surface area (Å²) in [6.45, 7) is 2.19. The van der Waals surface area contributed by atoms with Crippen LogP contribution in [0.2, 0.25) is 0 Å². The van der Waals surface area contributed by atoms with Crippen LogP contribution >= 0.6 is 11.3 Å². The Bertz CT molecular complexity index is 474. The van der Waals surface area contributed by atoms with Gasteiger partial charge in [-0.05, 0) is 13.0 Å². The number of alkyl halides is 3. The SMILES string of the molecule is CCCNC(Cc1cn2ccsc2n1)C(F)(F)F. The van der Waals surface area contributed by atoms with E-state index in [2.05, 4.69) is 10.3 Å². The Kier molecular flexibility index (Phi) is 3.91. The number of imidazole rings is 1. The molecule has 0 bridgehead atoms. The summed E-state index contributed by atoms with van der Waals surface area (Å²) in [4.78, 5) is 4.90. The van der Waals surface area contributed by atoms with Crippen molar-refractivity contribution in [2.75, 3.05) is 6.54 Å². The Morgan fingerprint density at radius 3 is 2.89 bits per heavy atom. The third-order valence-electron chi connectivity index (χ3n) is 2.59. The van der Waals surface area contributed by atoms with Crippen molar-refractivity contribution in [3.8, 4) is 0 Å². The molecule has 0 saturated heterocycles. The van der Waals surface area contributed by atoms with E-state index in [4.69, 9.17) is 0 Å². The summed E-state index contributed by atoms with van der Waals surface area (Å²) in [6, 6.07) is -1.53. The Hall–Kier alpha value is -1.08. The van der Waals surface area contributed by atoms with Gasteiger partial charge in [0.25, 0.3) is 0 Å². The molecule has 1 atom stereocenters. The highest BCUT2D eigenvalue weighted by molar-refractivity contribution is 7.15. The maximum atomic E-state index is 12.8. The van der Waals surface area contributed by atoms with Gasteiger partial charge >= 0.3 is 6.18 Å². The van der Waals surface area contributed by atoms with Crippen LogP contribution in [0.5, 0.6) is 0 Å². The predicted octanol–water partition coefficient (Wildman–Crippen LogP) is 2.87. The van der Waals surface area contributed by atoms with Crippen LogP contribution in [0, 0.1) is 0 Å². The Morgan fingerprint density at radius 2 is 2.28 bits per heavy atom. The summed E-state index contributed by atoms with van der Waals surface area (Å²) in [5.74, 6) is 0. The first kappa shape index (κ1) is 13.4. The van der Waals surface area contributed by atoms with Gasteiger partial charge in [0.15, 0.2) is 4.96 Å². The van der Waals surface area contributed by atoms with Crippen molar-refractivity contribution in [3.63, 3.8) is 0 Å². The van der Waals surface area contributed by atoms with Gasteiger partial charge in [-0.25, -0.2) is 4.98 Å². The zero-order chi connectivity index (χ0) is 13.2. The van der Waals surface area contributed by atoms with E-state index >= 15 is 0 Å². The minimum Gasteiger partial charge on any atom is -0.306 e. The molecular formula is C11H14F3N3S. The molecule has 0 spiro atoms. The monoisotopic (exact) mass is 277 g/mol. The van der Waals surface area contributed by atoms with Gasteiger partial charge in [-0.15, -0.1) is 11.3 Å². The number of rotatable bonds is 5. The Labute approximate surface area is 107 Å². The molecule has 18 heavy (non-hydrogen) atoms.